The van der Waals surface area contributed by atoms with Gasteiger partial charge < -0.3 is 9.84 Å². The highest BCUT2D eigenvalue weighted by Gasteiger charge is 2.06. The third-order valence-electron chi connectivity index (χ3n) is 1.62. The fraction of sp³-hybridized carbons (Fsp3) is 0.100. The molecule has 1 rings (SSSR count). The minimum Gasteiger partial charge on any atom is -0.503 e. The van der Waals surface area contributed by atoms with Gasteiger partial charge in [0.15, 0.2) is 11.5 Å². The summed E-state index contributed by atoms with van der Waals surface area (Å²) >= 11 is 5.73. The van der Waals surface area contributed by atoms with Crippen LogP contribution in [-0.4, -0.2) is 12.2 Å². The lowest BCUT2D eigenvalue weighted by molar-refractivity contribution is 0.373. The Kier molecular flexibility index (Phi) is 3.38. The van der Waals surface area contributed by atoms with Crippen molar-refractivity contribution < 1.29 is 9.84 Å². The van der Waals surface area contributed by atoms with Crippen molar-refractivity contribution in [3.05, 3.63) is 28.8 Å². The Morgan fingerprint density at radius 1 is 1.57 bits per heavy atom. The van der Waals surface area contributed by atoms with Crippen molar-refractivity contribution >= 4 is 17.7 Å². The van der Waals surface area contributed by atoms with E-state index in [2.05, 4.69) is 0 Å². The van der Waals surface area contributed by atoms with Crippen LogP contribution in [0.15, 0.2) is 18.2 Å². The standard InChI is InChI=1S/C10H8ClNO2/c1-14-9-6-7(3-2-4-12)5-8(11)10(9)13/h2-3,5-6,13H,1H3/b3-2+. The van der Waals surface area contributed by atoms with Crippen LogP contribution in [0.1, 0.15) is 5.56 Å². The molecule has 0 aliphatic carbocycles. The number of phenols is 1. The summed E-state index contributed by atoms with van der Waals surface area (Å²) in [6.07, 6.45) is 2.90. The highest BCUT2D eigenvalue weighted by atomic mass is 35.5. The lowest BCUT2D eigenvalue weighted by atomic mass is 10.2. The molecular formula is C10H8ClNO2. The highest BCUT2D eigenvalue weighted by Crippen LogP contribution is 2.35. The minimum absolute atomic E-state index is 0.0942. The van der Waals surface area contributed by atoms with Gasteiger partial charge in [-0.05, 0) is 23.8 Å². The molecule has 14 heavy (non-hydrogen) atoms. The topological polar surface area (TPSA) is 53.2 Å². The van der Waals surface area contributed by atoms with Gasteiger partial charge in [-0.15, -0.1) is 0 Å². The number of benzene rings is 1. The van der Waals surface area contributed by atoms with Gasteiger partial charge in [-0.25, -0.2) is 0 Å². The number of hydrogen-bond donors (Lipinski definition) is 1. The quantitative estimate of drug-likeness (QED) is 0.762. The first-order chi connectivity index (χ1) is 6.69. The number of hydrogen-bond acceptors (Lipinski definition) is 3. The Labute approximate surface area is 86.8 Å². The van der Waals surface area contributed by atoms with Crippen molar-refractivity contribution in [2.45, 2.75) is 0 Å². The molecule has 1 aromatic rings. The van der Waals surface area contributed by atoms with E-state index in [0.717, 1.165) is 0 Å². The molecule has 0 saturated carbocycles. The molecular weight excluding hydrogens is 202 g/mol. The van der Waals surface area contributed by atoms with E-state index in [1.54, 1.807) is 18.2 Å². The molecule has 1 N–H and O–H groups in total. The van der Waals surface area contributed by atoms with Crippen LogP contribution < -0.4 is 4.74 Å². The Morgan fingerprint density at radius 3 is 2.86 bits per heavy atom. The van der Waals surface area contributed by atoms with E-state index in [1.807, 2.05) is 6.07 Å². The second-order valence-corrected chi connectivity index (χ2v) is 2.92. The van der Waals surface area contributed by atoms with Crippen LogP contribution in [0.4, 0.5) is 0 Å². The lowest BCUT2D eigenvalue weighted by Crippen LogP contribution is -1.85. The normalized spacial score (nSPS) is 10.1. The molecule has 0 aliphatic rings. The van der Waals surface area contributed by atoms with Gasteiger partial charge in [-0.2, -0.15) is 5.26 Å². The van der Waals surface area contributed by atoms with Crippen molar-refractivity contribution in [2.24, 2.45) is 0 Å². The van der Waals surface area contributed by atoms with Crippen molar-refractivity contribution in [1.29, 1.82) is 5.26 Å². The van der Waals surface area contributed by atoms with E-state index in [-0.39, 0.29) is 16.5 Å². The van der Waals surface area contributed by atoms with E-state index >= 15 is 0 Å². The van der Waals surface area contributed by atoms with E-state index in [0.29, 0.717) is 5.56 Å². The van der Waals surface area contributed by atoms with Gasteiger partial charge in [0.2, 0.25) is 0 Å². The number of halogens is 1. The molecule has 0 radical (unpaired) electrons. The summed E-state index contributed by atoms with van der Waals surface area (Å²) in [6.45, 7) is 0. The number of rotatable bonds is 2. The summed E-state index contributed by atoms with van der Waals surface area (Å²) in [7, 11) is 1.43. The zero-order valence-electron chi connectivity index (χ0n) is 7.49. The van der Waals surface area contributed by atoms with Crippen molar-refractivity contribution in [3.8, 4) is 17.6 Å². The van der Waals surface area contributed by atoms with Gasteiger partial charge in [0.1, 0.15) is 0 Å². The predicted octanol–water partition coefficient (Wildman–Crippen LogP) is 2.59. The van der Waals surface area contributed by atoms with Gasteiger partial charge in [-0.1, -0.05) is 11.6 Å². The summed E-state index contributed by atoms with van der Waals surface area (Å²) in [5, 5.41) is 17.9. The summed E-state index contributed by atoms with van der Waals surface area (Å²) < 4.78 is 4.90. The van der Waals surface area contributed by atoms with Gasteiger partial charge in [0.25, 0.3) is 0 Å². The molecule has 1 aromatic carbocycles. The van der Waals surface area contributed by atoms with Crippen molar-refractivity contribution in [3.63, 3.8) is 0 Å². The van der Waals surface area contributed by atoms with Crippen LogP contribution in [-0.2, 0) is 0 Å². The van der Waals surface area contributed by atoms with E-state index in [1.165, 1.54) is 13.2 Å². The molecule has 0 aromatic heterocycles. The van der Waals surface area contributed by atoms with Gasteiger partial charge >= 0.3 is 0 Å². The first-order valence-corrected chi connectivity index (χ1v) is 4.19. The fourth-order valence-electron chi connectivity index (χ4n) is 0.979. The minimum atomic E-state index is -0.0942. The number of aromatic hydroxyl groups is 1. The first kappa shape index (κ1) is 10.4. The third-order valence-corrected chi connectivity index (χ3v) is 1.91. The number of methoxy groups -OCH3 is 1. The summed E-state index contributed by atoms with van der Waals surface area (Å²) in [4.78, 5) is 0. The van der Waals surface area contributed by atoms with Crippen LogP contribution in [0.2, 0.25) is 5.02 Å². The summed E-state index contributed by atoms with van der Waals surface area (Å²) in [5.41, 5.74) is 0.700. The summed E-state index contributed by atoms with van der Waals surface area (Å²) in [6, 6.07) is 5.00. The fourth-order valence-corrected chi connectivity index (χ4v) is 1.20. The molecule has 0 unspecified atom stereocenters. The van der Waals surface area contributed by atoms with Gasteiger partial charge in [0, 0.05) is 6.08 Å². The maximum Gasteiger partial charge on any atom is 0.176 e. The second kappa shape index (κ2) is 4.54. The SMILES string of the molecule is COc1cc(/C=C/C#N)cc(Cl)c1O. The van der Waals surface area contributed by atoms with Crippen LogP contribution in [0.25, 0.3) is 6.08 Å². The Hall–Kier alpha value is -1.66. The first-order valence-electron chi connectivity index (χ1n) is 3.81. The largest absolute Gasteiger partial charge is 0.503 e. The number of nitrogens with zero attached hydrogens (tertiary/aromatic N) is 1. The molecule has 4 heteroatoms. The van der Waals surface area contributed by atoms with Gasteiger partial charge in [-0.3, -0.25) is 0 Å². The number of phenolic OH excluding ortho intramolecular Hbond substituents is 1. The number of allylic oxidation sites excluding steroid dienone is 1. The summed E-state index contributed by atoms with van der Waals surface area (Å²) in [5.74, 6) is 0.193. The number of ether oxygens (including phenoxy) is 1. The molecule has 0 bridgehead atoms. The highest BCUT2D eigenvalue weighted by molar-refractivity contribution is 6.32. The van der Waals surface area contributed by atoms with Crippen molar-refractivity contribution in [2.75, 3.05) is 7.11 Å². The lowest BCUT2D eigenvalue weighted by Gasteiger charge is -2.05. The number of nitriles is 1. The maximum absolute atomic E-state index is 9.40. The van der Waals surface area contributed by atoms with Crippen LogP contribution >= 0.6 is 11.6 Å². The molecule has 0 amide bonds. The smallest absolute Gasteiger partial charge is 0.176 e. The molecule has 0 aliphatic heterocycles. The van der Waals surface area contributed by atoms with Crippen LogP contribution in [0.5, 0.6) is 11.5 Å². The predicted molar refractivity (Wildman–Crippen MR) is 54.3 cm³/mol. The third kappa shape index (κ3) is 2.18. The monoisotopic (exact) mass is 209 g/mol. The zero-order valence-corrected chi connectivity index (χ0v) is 8.25. The molecule has 3 nitrogen and oxygen atoms in total. The van der Waals surface area contributed by atoms with E-state index < -0.39 is 0 Å². The van der Waals surface area contributed by atoms with E-state index in [4.69, 9.17) is 21.6 Å². The van der Waals surface area contributed by atoms with Crippen LogP contribution in [0.3, 0.4) is 0 Å². The zero-order chi connectivity index (χ0) is 10.6. The van der Waals surface area contributed by atoms with Crippen molar-refractivity contribution in [1.82, 2.24) is 0 Å². The molecule has 0 fully saturated rings. The van der Waals surface area contributed by atoms with Gasteiger partial charge in [0.05, 0.1) is 18.2 Å². The Morgan fingerprint density at radius 2 is 2.29 bits per heavy atom. The van der Waals surface area contributed by atoms with E-state index in [9.17, 15) is 5.11 Å². The second-order valence-electron chi connectivity index (χ2n) is 2.52. The Bertz CT molecular complexity index is 407. The molecule has 0 saturated heterocycles. The Balaban J connectivity index is 3.17. The molecule has 72 valence electrons. The maximum atomic E-state index is 9.40. The average Bonchev–Trinajstić information content (AvgIpc) is 2.19. The molecule has 0 spiro atoms. The molecule has 0 heterocycles. The molecule has 0 atom stereocenters. The average molecular weight is 210 g/mol. The van der Waals surface area contributed by atoms with Crippen LogP contribution in [0, 0.1) is 11.3 Å².